The highest BCUT2D eigenvalue weighted by Crippen LogP contribution is 2.00. The van der Waals surface area contributed by atoms with Gasteiger partial charge in [-0.2, -0.15) is 0 Å². The van der Waals surface area contributed by atoms with Gasteiger partial charge in [-0.3, -0.25) is 19.4 Å². The van der Waals surface area contributed by atoms with Crippen molar-refractivity contribution in [1.29, 1.82) is 0 Å². The van der Waals surface area contributed by atoms with Crippen molar-refractivity contribution in [1.82, 2.24) is 20.2 Å². The Kier molecular flexibility index (Phi) is 12.0. The van der Waals surface area contributed by atoms with Gasteiger partial charge in [0.2, 0.25) is 11.8 Å². The maximum Gasteiger partial charge on any atom is 0.328 e. The number of carbonyl (C=O) groups excluding carboxylic acids is 2. The number of H-pyrrole nitrogens is 1. The lowest BCUT2D eigenvalue weighted by atomic mass is 10.1. The van der Waals surface area contributed by atoms with Crippen molar-refractivity contribution in [3.05, 3.63) is 38.7 Å². The van der Waals surface area contributed by atoms with Crippen LogP contribution in [-0.4, -0.2) is 41.0 Å². The van der Waals surface area contributed by atoms with Gasteiger partial charge in [-0.15, -0.1) is 0 Å². The van der Waals surface area contributed by atoms with E-state index in [9.17, 15) is 19.2 Å². The van der Waals surface area contributed by atoms with Crippen LogP contribution < -0.4 is 27.6 Å². The van der Waals surface area contributed by atoms with Gasteiger partial charge in [0, 0.05) is 38.8 Å². The minimum absolute atomic E-state index is 0.0957. The van der Waals surface area contributed by atoms with Crippen LogP contribution >= 0.6 is 0 Å². The number of nitrogens with zero attached hydrogens (tertiary/aromatic N) is 1. The zero-order valence-corrected chi connectivity index (χ0v) is 17.2. The molecule has 9 nitrogen and oxygen atoms in total. The van der Waals surface area contributed by atoms with Crippen molar-refractivity contribution in [2.24, 2.45) is 12.8 Å². The van der Waals surface area contributed by atoms with Gasteiger partial charge in [-0.05, 0) is 38.3 Å². The molecule has 0 bridgehead atoms. The van der Waals surface area contributed by atoms with Crippen LogP contribution in [0.15, 0.2) is 21.9 Å². The summed E-state index contributed by atoms with van der Waals surface area (Å²) in [5, 5.41) is 5.67. The first-order chi connectivity index (χ1) is 13.9. The molecule has 0 aromatic carbocycles. The molecule has 0 saturated heterocycles. The second-order valence-electron chi connectivity index (χ2n) is 6.94. The SMILES string of the molecule is Cn1cc(/C=C/C(=O)NCCCCCCNC(=O)CCCCCN)c(=O)[nH]c1=O. The molecule has 0 aliphatic heterocycles. The quantitative estimate of drug-likeness (QED) is 0.261. The predicted octanol–water partition coefficient (Wildman–Crippen LogP) is 0.399. The number of nitrogens with two attached hydrogens (primary N) is 1. The Morgan fingerprint density at radius 3 is 2.38 bits per heavy atom. The van der Waals surface area contributed by atoms with Gasteiger partial charge in [-0.25, -0.2) is 4.79 Å². The summed E-state index contributed by atoms with van der Waals surface area (Å²) in [5.74, 6) is -0.196. The molecule has 2 amide bonds. The molecule has 1 aromatic heterocycles. The van der Waals surface area contributed by atoms with Crippen LogP contribution in [0.2, 0.25) is 0 Å². The van der Waals surface area contributed by atoms with Crippen LogP contribution in [0, 0.1) is 0 Å². The van der Waals surface area contributed by atoms with Crippen LogP contribution in [-0.2, 0) is 16.6 Å². The number of aryl methyl sites for hydroxylation is 1. The van der Waals surface area contributed by atoms with E-state index in [-0.39, 0.29) is 17.4 Å². The average Bonchev–Trinajstić information content (AvgIpc) is 2.69. The molecule has 1 aromatic rings. The maximum absolute atomic E-state index is 11.8. The molecule has 0 fully saturated rings. The lowest BCUT2D eigenvalue weighted by molar-refractivity contribution is -0.121. The van der Waals surface area contributed by atoms with Gasteiger partial charge in [0.25, 0.3) is 5.56 Å². The first-order valence-electron chi connectivity index (χ1n) is 10.2. The van der Waals surface area contributed by atoms with E-state index >= 15 is 0 Å². The summed E-state index contributed by atoms with van der Waals surface area (Å²) in [5.41, 5.74) is 4.62. The first-order valence-corrected chi connectivity index (χ1v) is 10.2. The topological polar surface area (TPSA) is 139 Å². The monoisotopic (exact) mass is 407 g/mol. The zero-order valence-electron chi connectivity index (χ0n) is 17.2. The minimum Gasteiger partial charge on any atom is -0.356 e. The number of aromatic amines is 1. The predicted molar refractivity (Wildman–Crippen MR) is 113 cm³/mol. The largest absolute Gasteiger partial charge is 0.356 e. The third kappa shape index (κ3) is 11.0. The Morgan fingerprint density at radius 2 is 1.69 bits per heavy atom. The molecule has 0 atom stereocenters. The zero-order chi connectivity index (χ0) is 21.5. The van der Waals surface area contributed by atoms with E-state index < -0.39 is 11.2 Å². The average molecular weight is 408 g/mol. The number of hydrogen-bond acceptors (Lipinski definition) is 5. The lowest BCUT2D eigenvalue weighted by Gasteiger charge is -2.05. The molecular formula is C20H33N5O4. The third-order valence-electron chi connectivity index (χ3n) is 4.38. The second kappa shape index (κ2) is 14.3. The van der Waals surface area contributed by atoms with Crippen molar-refractivity contribution in [3.8, 4) is 0 Å². The molecule has 0 aliphatic rings. The van der Waals surface area contributed by atoms with Gasteiger partial charge in [-0.1, -0.05) is 19.3 Å². The minimum atomic E-state index is -0.528. The molecule has 9 heteroatoms. The Morgan fingerprint density at radius 1 is 1.03 bits per heavy atom. The highest BCUT2D eigenvalue weighted by atomic mass is 16.2. The fourth-order valence-corrected chi connectivity index (χ4v) is 2.66. The van der Waals surface area contributed by atoms with E-state index in [0.717, 1.165) is 44.9 Å². The number of aromatic nitrogens is 2. The van der Waals surface area contributed by atoms with E-state index in [4.69, 9.17) is 5.73 Å². The number of hydrogen-bond donors (Lipinski definition) is 4. The number of carbonyl (C=O) groups is 2. The van der Waals surface area contributed by atoms with Crippen molar-refractivity contribution in [3.63, 3.8) is 0 Å². The Balaban J connectivity index is 2.08. The van der Waals surface area contributed by atoms with Crippen LogP contribution in [0.25, 0.3) is 6.08 Å². The van der Waals surface area contributed by atoms with Gasteiger partial charge in [0.05, 0.1) is 5.56 Å². The van der Waals surface area contributed by atoms with Crippen LogP contribution in [0.5, 0.6) is 0 Å². The Labute approximate surface area is 170 Å². The molecule has 1 rings (SSSR count). The molecule has 162 valence electrons. The van der Waals surface area contributed by atoms with E-state index in [1.54, 1.807) is 0 Å². The summed E-state index contributed by atoms with van der Waals surface area (Å²) < 4.78 is 1.24. The number of nitrogens with one attached hydrogen (secondary N) is 3. The van der Waals surface area contributed by atoms with Gasteiger partial charge in [0.15, 0.2) is 0 Å². The third-order valence-corrected chi connectivity index (χ3v) is 4.38. The maximum atomic E-state index is 11.8. The molecule has 0 saturated carbocycles. The highest BCUT2D eigenvalue weighted by molar-refractivity contribution is 5.91. The van der Waals surface area contributed by atoms with E-state index in [1.165, 1.54) is 30.0 Å². The van der Waals surface area contributed by atoms with E-state index in [1.807, 2.05) is 0 Å². The van der Waals surface area contributed by atoms with Gasteiger partial charge < -0.3 is 20.9 Å². The van der Waals surface area contributed by atoms with Crippen molar-refractivity contribution < 1.29 is 9.59 Å². The van der Waals surface area contributed by atoms with Gasteiger partial charge >= 0.3 is 5.69 Å². The van der Waals surface area contributed by atoms with Crippen LogP contribution in [0.4, 0.5) is 0 Å². The summed E-state index contributed by atoms with van der Waals surface area (Å²) in [7, 11) is 1.52. The van der Waals surface area contributed by atoms with Crippen LogP contribution in [0.1, 0.15) is 56.9 Å². The van der Waals surface area contributed by atoms with Crippen LogP contribution in [0.3, 0.4) is 0 Å². The summed E-state index contributed by atoms with van der Waals surface area (Å²) in [6.45, 7) is 1.90. The normalized spacial score (nSPS) is 11.0. The molecule has 0 radical (unpaired) electrons. The molecule has 1 heterocycles. The van der Waals surface area contributed by atoms with Gasteiger partial charge in [0.1, 0.15) is 0 Å². The van der Waals surface area contributed by atoms with E-state index in [0.29, 0.717) is 26.1 Å². The van der Waals surface area contributed by atoms with Crippen molar-refractivity contribution >= 4 is 17.9 Å². The molecule has 0 aliphatic carbocycles. The lowest BCUT2D eigenvalue weighted by Crippen LogP contribution is -2.29. The fraction of sp³-hybridized carbons (Fsp3) is 0.600. The molecule has 0 unspecified atom stereocenters. The molecular weight excluding hydrogens is 374 g/mol. The number of amides is 2. The fourth-order valence-electron chi connectivity index (χ4n) is 2.66. The standard InChI is InChI=1S/C20H33N5O4/c1-25-15-16(19(28)24-20(25)29)10-11-18(27)23-14-8-3-2-7-13-22-17(26)9-5-4-6-12-21/h10-11,15H,2-9,12-14,21H2,1H3,(H,22,26)(H,23,27)(H,24,28,29)/b11-10+. The molecule has 29 heavy (non-hydrogen) atoms. The van der Waals surface area contributed by atoms with Crippen molar-refractivity contribution in [2.75, 3.05) is 19.6 Å². The first kappa shape index (κ1) is 24.4. The summed E-state index contributed by atoms with van der Waals surface area (Å²) in [6, 6.07) is 0. The number of unbranched alkanes of at least 4 members (excludes halogenated alkanes) is 5. The van der Waals surface area contributed by atoms with Crippen molar-refractivity contribution in [2.45, 2.75) is 51.4 Å². The smallest absolute Gasteiger partial charge is 0.328 e. The van der Waals surface area contributed by atoms with E-state index in [2.05, 4.69) is 15.6 Å². The Hall–Kier alpha value is -2.68. The highest BCUT2D eigenvalue weighted by Gasteiger charge is 2.02. The summed E-state index contributed by atoms with van der Waals surface area (Å²) in [6.07, 6.45) is 11.1. The molecule has 5 N–H and O–H groups in total. The molecule has 0 spiro atoms. The summed E-state index contributed by atoms with van der Waals surface area (Å²) >= 11 is 0. The number of rotatable bonds is 14. The second-order valence-corrected chi connectivity index (χ2v) is 6.94. The summed E-state index contributed by atoms with van der Waals surface area (Å²) in [4.78, 5) is 48.5. The Bertz CT molecular complexity index is 782.